The lowest BCUT2D eigenvalue weighted by Gasteiger charge is -1.99. The quantitative estimate of drug-likeness (QED) is 0.698. The second-order valence-corrected chi connectivity index (χ2v) is 2.56. The standard InChI is InChI=1S/C10H14N/c1-2-3-9-4-6-10(8-11)7-5-9/h3-7H,2,8,11H2,1H3. The molecule has 2 N–H and O–H groups in total. The molecule has 1 aromatic rings. The average Bonchev–Trinajstić information content (AvgIpc) is 2.07. The van der Waals surface area contributed by atoms with Crippen molar-refractivity contribution >= 4 is 0 Å². The summed E-state index contributed by atoms with van der Waals surface area (Å²) in [5, 5.41) is 0. The van der Waals surface area contributed by atoms with Crippen molar-refractivity contribution in [3.8, 4) is 0 Å². The van der Waals surface area contributed by atoms with Gasteiger partial charge in [-0.3, -0.25) is 0 Å². The fraction of sp³-hybridized carbons (Fsp3) is 0.300. The summed E-state index contributed by atoms with van der Waals surface area (Å²) in [7, 11) is 0. The van der Waals surface area contributed by atoms with Gasteiger partial charge in [0, 0.05) is 6.54 Å². The number of hydrogen-bond acceptors (Lipinski definition) is 1. The topological polar surface area (TPSA) is 26.0 Å². The van der Waals surface area contributed by atoms with Crippen molar-refractivity contribution in [2.24, 2.45) is 5.73 Å². The van der Waals surface area contributed by atoms with E-state index in [4.69, 9.17) is 5.73 Å². The molecule has 0 saturated heterocycles. The first kappa shape index (κ1) is 8.28. The molecule has 1 rings (SSSR count). The van der Waals surface area contributed by atoms with Gasteiger partial charge >= 0.3 is 0 Å². The maximum absolute atomic E-state index is 5.46. The minimum atomic E-state index is 0.631. The Labute approximate surface area is 68.2 Å². The van der Waals surface area contributed by atoms with Crippen molar-refractivity contribution < 1.29 is 0 Å². The van der Waals surface area contributed by atoms with Crippen LogP contribution in [0.1, 0.15) is 24.5 Å². The van der Waals surface area contributed by atoms with Crippen LogP contribution in [0.25, 0.3) is 0 Å². The molecule has 0 atom stereocenters. The van der Waals surface area contributed by atoms with E-state index < -0.39 is 0 Å². The van der Waals surface area contributed by atoms with Gasteiger partial charge in [0.1, 0.15) is 0 Å². The molecule has 1 heteroatoms. The van der Waals surface area contributed by atoms with Gasteiger partial charge < -0.3 is 5.73 Å². The van der Waals surface area contributed by atoms with Crippen LogP contribution in [0.3, 0.4) is 0 Å². The summed E-state index contributed by atoms with van der Waals surface area (Å²) >= 11 is 0. The molecule has 0 bridgehead atoms. The molecule has 59 valence electrons. The van der Waals surface area contributed by atoms with Crippen LogP contribution < -0.4 is 5.73 Å². The van der Waals surface area contributed by atoms with Gasteiger partial charge in [-0.25, -0.2) is 0 Å². The Hall–Kier alpha value is -0.820. The van der Waals surface area contributed by atoms with E-state index >= 15 is 0 Å². The summed E-state index contributed by atoms with van der Waals surface area (Å²) in [6.45, 7) is 2.77. The molecule has 0 aliphatic carbocycles. The highest BCUT2D eigenvalue weighted by Crippen LogP contribution is 2.07. The highest BCUT2D eigenvalue weighted by atomic mass is 14.5. The van der Waals surface area contributed by atoms with Gasteiger partial charge in [0.25, 0.3) is 0 Å². The minimum absolute atomic E-state index is 0.631. The third-order valence-corrected chi connectivity index (χ3v) is 1.66. The van der Waals surface area contributed by atoms with E-state index in [1.54, 1.807) is 0 Å². The fourth-order valence-electron chi connectivity index (χ4n) is 1.03. The maximum Gasteiger partial charge on any atom is 0.0178 e. The smallest absolute Gasteiger partial charge is 0.0178 e. The molecule has 0 heterocycles. The van der Waals surface area contributed by atoms with Crippen LogP contribution in [0, 0.1) is 6.42 Å². The van der Waals surface area contributed by atoms with Crippen LogP contribution in [0.4, 0.5) is 0 Å². The summed E-state index contributed by atoms with van der Waals surface area (Å²) < 4.78 is 0. The first-order valence-corrected chi connectivity index (χ1v) is 3.99. The molecule has 0 unspecified atom stereocenters. The van der Waals surface area contributed by atoms with Gasteiger partial charge in [-0.1, -0.05) is 31.2 Å². The fourth-order valence-corrected chi connectivity index (χ4v) is 1.03. The predicted molar refractivity (Wildman–Crippen MR) is 48.0 cm³/mol. The van der Waals surface area contributed by atoms with Crippen LogP contribution in [0.15, 0.2) is 24.3 Å². The molecule has 0 amide bonds. The molecule has 11 heavy (non-hydrogen) atoms. The number of rotatable bonds is 3. The van der Waals surface area contributed by atoms with Crippen LogP contribution in [0.5, 0.6) is 0 Å². The Morgan fingerprint density at radius 2 is 1.91 bits per heavy atom. The van der Waals surface area contributed by atoms with Crippen molar-refractivity contribution in [1.82, 2.24) is 0 Å². The largest absolute Gasteiger partial charge is 0.326 e. The van der Waals surface area contributed by atoms with E-state index in [2.05, 4.69) is 37.6 Å². The van der Waals surface area contributed by atoms with E-state index in [0.29, 0.717) is 6.54 Å². The zero-order chi connectivity index (χ0) is 8.10. The van der Waals surface area contributed by atoms with Crippen molar-refractivity contribution in [3.05, 3.63) is 41.8 Å². The van der Waals surface area contributed by atoms with Gasteiger partial charge in [0.05, 0.1) is 0 Å². The first-order valence-electron chi connectivity index (χ1n) is 3.99. The van der Waals surface area contributed by atoms with E-state index in [9.17, 15) is 0 Å². The predicted octanol–water partition coefficient (Wildman–Crippen LogP) is 2.11. The van der Waals surface area contributed by atoms with Crippen molar-refractivity contribution in [2.75, 3.05) is 0 Å². The molecule has 1 nitrogen and oxygen atoms in total. The van der Waals surface area contributed by atoms with Crippen LogP contribution >= 0.6 is 0 Å². The highest BCUT2D eigenvalue weighted by molar-refractivity contribution is 5.27. The van der Waals surface area contributed by atoms with Crippen molar-refractivity contribution in [2.45, 2.75) is 19.9 Å². The molecule has 0 aliphatic rings. The zero-order valence-corrected chi connectivity index (χ0v) is 6.88. The monoisotopic (exact) mass is 148 g/mol. The molecule has 1 aromatic carbocycles. The van der Waals surface area contributed by atoms with Gasteiger partial charge in [0.15, 0.2) is 0 Å². The van der Waals surface area contributed by atoms with Gasteiger partial charge in [0.2, 0.25) is 0 Å². The molecular weight excluding hydrogens is 134 g/mol. The lowest BCUT2D eigenvalue weighted by atomic mass is 10.1. The Morgan fingerprint density at radius 3 is 2.36 bits per heavy atom. The Kier molecular flexibility index (Phi) is 3.12. The number of hydrogen-bond donors (Lipinski definition) is 1. The zero-order valence-electron chi connectivity index (χ0n) is 6.88. The summed E-state index contributed by atoms with van der Waals surface area (Å²) in [5.74, 6) is 0. The molecule has 0 fully saturated rings. The summed E-state index contributed by atoms with van der Waals surface area (Å²) in [6.07, 6.45) is 3.28. The Balaban J connectivity index is 2.66. The molecule has 0 spiro atoms. The normalized spacial score (nSPS) is 10.0. The van der Waals surface area contributed by atoms with E-state index in [0.717, 1.165) is 6.42 Å². The summed E-state index contributed by atoms with van der Waals surface area (Å²) in [5.41, 5.74) is 7.94. The Bertz CT molecular complexity index is 201. The van der Waals surface area contributed by atoms with Gasteiger partial charge in [-0.05, 0) is 24.0 Å². The highest BCUT2D eigenvalue weighted by Gasteiger charge is 1.90. The second-order valence-electron chi connectivity index (χ2n) is 2.56. The SMILES string of the molecule is CC[CH]c1ccc(CN)cc1. The third kappa shape index (κ3) is 2.35. The van der Waals surface area contributed by atoms with E-state index in [-0.39, 0.29) is 0 Å². The first-order chi connectivity index (χ1) is 5.36. The van der Waals surface area contributed by atoms with Crippen molar-refractivity contribution in [1.29, 1.82) is 0 Å². The van der Waals surface area contributed by atoms with E-state index in [1.165, 1.54) is 11.1 Å². The van der Waals surface area contributed by atoms with Gasteiger partial charge in [-0.15, -0.1) is 0 Å². The maximum atomic E-state index is 5.46. The molecular formula is C10H14N. The third-order valence-electron chi connectivity index (χ3n) is 1.66. The lowest BCUT2D eigenvalue weighted by molar-refractivity contribution is 1.06. The Morgan fingerprint density at radius 1 is 1.27 bits per heavy atom. The molecule has 1 radical (unpaired) electrons. The minimum Gasteiger partial charge on any atom is -0.326 e. The number of benzene rings is 1. The van der Waals surface area contributed by atoms with Crippen molar-refractivity contribution in [3.63, 3.8) is 0 Å². The van der Waals surface area contributed by atoms with Crippen LogP contribution in [0.2, 0.25) is 0 Å². The van der Waals surface area contributed by atoms with Crippen LogP contribution in [-0.2, 0) is 6.54 Å². The van der Waals surface area contributed by atoms with E-state index in [1.807, 2.05) is 0 Å². The molecule has 0 aliphatic heterocycles. The van der Waals surface area contributed by atoms with Gasteiger partial charge in [-0.2, -0.15) is 0 Å². The van der Waals surface area contributed by atoms with Crippen LogP contribution in [-0.4, -0.2) is 0 Å². The lowest BCUT2D eigenvalue weighted by Crippen LogP contribution is -1.95. The average molecular weight is 148 g/mol. The summed E-state index contributed by atoms with van der Waals surface area (Å²) in [4.78, 5) is 0. The number of nitrogens with two attached hydrogens (primary N) is 1. The second kappa shape index (κ2) is 4.14. The summed E-state index contributed by atoms with van der Waals surface area (Å²) in [6, 6.07) is 8.35. The molecule has 0 saturated carbocycles. The molecule has 0 aromatic heterocycles.